The first-order valence-corrected chi connectivity index (χ1v) is 9.88. The van der Waals surface area contributed by atoms with Crippen molar-refractivity contribution in [2.45, 2.75) is 11.5 Å². The molecule has 0 spiro atoms. The number of ether oxygens (including phenoxy) is 1. The average Bonchev–Trinajstić information content (AvgIpc) is 3.08. The largest absolute Gasteiger partial charge is 0.487 e. The summed E-state index contributed by atoms with van der Waals surface area (Å²) in [6, 6.07) is 7.71. The third kappa shape index (κ3) is 4.12. The van der Waals surface area contributed by atoms with E-state index >= 15 is 0 Å². The van der Waals surface area contributed by atoms with E-state index in [-0.39, 0.29) is 28.1 Å². The number of hydrogen-bond acceptors (Lipinski definition) is 5. The molecule has 3 aromatic rings. The Morgan fingerprint density at radius 1 is 1.19 bits per heavy atom. The predicted molar refractivity (Wildman–Crippen MR) is 95.1 cm³/mol. The van der Waals surface area contributed by atoms with Gasteiger partial charge in [-0.05, 0) is 12.1 Å². The number of thiazole rings is 1. The Hall–Kier alpha value is -2.23. The van der Waals surface area contributed by atoms with Gasteiger partial charge in [-0.2, -0.15) is 0 Å². The van der Waals surface area contributed by atoms with Crippen LogP contribution in [0.2, 0.25) is 5.02 Å². The molecule has 0 saturated carbocycles. The van der Waals surface area contributed by atoms with Crippen molar-refractivity contribution in [3.63, 3.8) is 0 Å². The highest BCUT2D eigenvalue weighted by molar-refractivity contribution is 7.93. The van der Waals surface area contributed by atoms with E-state index in [1.165, 1.54) is 24.4 Å². The van der Waals surface area contributed by atoms with Crippen molar-refractivity contribution in [1.82, 2.24) is 4.98 Å². The van der Waals surface area contributed by atoms with Crippen LogP contribution in [0.5, 0.6) is 5.75 Å². The molecule has 0 fully saturated rings. The lowest BCUT2D eigenvalue weighted by atomic mass is 10.2. The van der Waals surface area contributed by atoms with E-state index in [4.69, 9.17) is 16.3 Å². The number of rotatable bonds is 6. The highest BCUT2D eigenvalue weighted by Gasteiger charge is 2.23. The van der Waals surface area contributed by atoms with Crippen LogP contribution in [-0.4, -0.2) is 13.4 Å². The Labute approximate surface area is 157 Å². The SMILES string of the molecule is O=S(=O)(Nc1nccs1)c1cc(Cl)c(OCc2ccccc2F)cc1F. The molecule has 0 radical (unpaired) electrons. The van der Waals surface area contributed by atoms with Crippen LogP contribution >= 0.6 is 22.9 Å². The Bertz CT molecular complexity index is 1030. The summed E-state index contributed by atoms with van der Waals surface area (Å²) in [6.07, 6.45) is 1.41. The fourth-order valence-corrected chi connectivity index (χ4v) is 4.20. The van der Waals surface area contributed by atoms with Crippen LogP contribution < -0.4 is 9.46 Å². The standard InChI is InChI=1S/C16H11ClF2N2O3S2/c17-11-7-15(26(22,23)21-16-20-5-6-25-16)13(19)8-14(11)24-9-10-3-1-2-4-12(10)18/h1-8H,9H2,(H,20,21). The summed E-state index contributed by atoms with van der Waals surface area (Å²) in [5.74, 6) is -1.63. The van der Waals surface area contributed by atoms with Crippen molar-refractivity contribution in [3.05, 3.63) is 70.2 Å². The maximum atomic E-state index is 14.3. The van der Waals surface area contributed by atoms with Crippen LogP contribution in [0.25, 0.3) is 0 Å². The molecule has 3 rings (SSSR count). The summed E-state index contributed by atoms with van der Waals surface area (Å²) in [5.41, 5.74) is 0.256. The second-order valence-corrected chi connectivity index (χ2v) is 7.99. The van der Waals surface area contributed by atoms with Gasteiger partial charge in [0.15, 0.2) is 5.13 Å². The smallest absolute Gasteiger partial charge is 0.266 e. The lowest BCUT2D eigenvalue weighted by Gasteiger charge is -2.12. The van der Waals surface area contributed by atoms with E-state index in [0.29, 0.717) is 0 Å². The Morgan fingerprint density at radius 2 is 1.96 bits per heavy atom. The molecular weight excluding hydrogens is 406 g/mol. The number of benzene rings is 2. The lowest BCUT2D eigenvalue weighted by Crippen LogP contribution is -2.14. The minimum Gasteiger partial charge on any atom is -0.487 e. The number of anilines is 1. The highest BCUT2D eigenvalue weighted by Crippen LogP contribution is 2.31. The minimum absolute atomic E-state index is 0.0966. The van der Waals surface area contributed by atoms with Gasteiger partial charge in [-0.25, -0.2) is 22.2 Å². The third-order valence-corrected chi connectivity index (χ3v) is 5.74. The van der Waals surface area contributed by atoms with E-state index in [1.54, 1.807) is 11.4 Å². The zero-order chi connectivity index (χ0) is 18.7. The molecule has 0 aliphatic rings. The topological polar surface area (TPSA) is 68.3 Å². The molecule has 0 unspecified atom stereocenters. The quantitative estimate of drug-likeness (QED) is 0.644. The average molecular weight is 417 g/mol. The predicted octanol–water partition coefficient (Wildman–Crippen LogP) is 4.45. The van der Waals surface area contributed by atoms with Gasteiger partial charge in [-0.15, -0.1) is 11.3 Å². The fraction of sp³-hybridized carbons (Fsp3) is 0.0625. The monoisotopic (exact) mass is 416 g/mol. The van der Waals surface area contributed by atoms with Crippen LogP contribution in [0, 0.1) is 11.6 Å². The fourth-order valence-electron chi connectivity index (χ4n) is 2.04. The summed E-state index contributed by atoms with van der Waals surface area (Å²) in [6.45, 7) is -0.185. The van der Waals surface area contributed by atoms with Gasteiger partial charge in [0, 0.05) is 23.2 Å². The van der Waals surface area contributed by atoms with E-state index < -0.39 is 26.6 Å². The number of nitrogens with zero attached hydrogens (tertiary/aromatic N) is 1. The van der Waals surface area contributed by atoms with E-state index in [9.17, 15) is 17.2 Å². The number of aromatic nitrogens is 1. The number of sulfonamides is 1. The van der Waals surface area contributed by atoms with Gasteiger partial charge in [-0.1, -0.05) is 29.8 Å². The maximum absolute atomic E-state index is 14.3. The minimum atomic E-state index is -4.20. The van der Waals surface area contributed by atoms with Crippen molar-refractivity contribution in [2.24, 2.45) is 0 Å². The van der Waals surface area contributed by atoms with Gasteiger partial charge >= 0.3 is 0 Å². The first-order valence-electron chi connectivity index (χ1n) is 7.14. The second-order valence-electron chi connectivity index (χ2n) is 5.04. The first-order chi connectivity index (χ1) is 12.4. The first kappa shape index (κ1) is 18.6. The molecule has 10 heteroatoms. The van der Waals surface area contributed by atoms with Gasteiger partial charge < -0.3 is 4.74 Å². The van der Waals surface area contributed by atoms with Crippen LogP contribution in [0.4, 0.5) is 13.9 Å². The molecule has 5 nitrogen and oxygen atoms in total. The van der Waals surface area contributed by atoms with Crippen LogP contribution in [0.1, 0.15) is 5.56 Å². The molecule has 1 aromatic heterocycles. The zero-order valence-corrected chi connectivity index (χ0v) is 15.3. The van der Waals surface area contributed by atoms with Gasteiger partial charge in [0.1, 0.15) is 28.9 Å². The molecule has 1 heterocycles. The van der Waals surface area contributed by atoms with E-state index in [0.717, 1.165) is 23.5 Å². The maximum Gasteiger partial charge on any atom is 0.266 e. The van der Waals surface area contributed by atoms with Crippen LogP contribution in [0.15, 0.2) is 52.9 Å². The molecule has 0 atom stereocenters. The third-order valence-electron chi connectivity index (χ3n) is 3.27. The van der Waals surface area contributed by atoms with Gasteiger partial charge in [0.2, 0.25) is 0 Å². The summed E-state index contributed by atoms with van der Waals surface area (Å²) in [4.78, 5) is 3.14. The molecule has 0 bridgehead atoms. The van der Waals surface area contributed by atoms with E-state index in [2.05, 4.69) is 9.71 Å². The number of halogens is 3. The molecule has 2 aromatic carbocycles. The summed E-state index contributed by atoms with van der Waals surface area (Å²) < 4.78 is 59.9. The Kier molecular flexibility index (Phi) is 5.40. The molecule has 0 aliphatic carbocycles. The lowest BCUT2D eigenvalue weighted by molar-refractivity contribution is 0.298. The molecule has 26 heavy (non-hydrogen) atoms. The van der Waals surface area contributed by atoms with Crippen LogP contribution in [-0.2, 0) is 16.6 Å². The van der Waals surface area contributed by atoms with Gasteiger partial charge in [-0.3, -0.25) is 4.72 Å². The molecule has 136 valence electrons. The van der Waals surface area contributed by atoms with Crippen molar-refractivity contribution in [1.29, 1.82) is 0 Å². The summed E-state index contributed by atoms with van der Waals surface area (Å²) >= 11 is 7.05. The van der Waals surface area contributed by atoms with Crippen molar-refractivity contribution in [2.75, 3.05) is 4.72 Å². The Morgan fingerprint density at radius 3 is 2.65 bits per heavy atom. The zero-order valence-electron chi connectivity index (χ0n) is 12.9. The van der Waals surface area contributed by atoms with Crippen LogP contribution in [0.3, 0.4) is 0 Å². The molecular formula is C16H11ClF2N2O3S2. The van der Waals surface area contributed by atoms with Gasteiger partial charge in [0.05, 0.1) is 5.02 Å². The van der Waals surface area contributed by atoms with Crippen molar-refractivity contribution in [3.8, 4) is 5.75 Å². The Balaban J connectivity index is 1.83. The molecule has 0 aliphatic heterocycles. The summed E-state index contributed by atoms with van der Waals surface area (Å²) in [7, 11) is -4.20. The van der Waals surface area contributed by atoms with Gasteiger partial charge in [0.25, 0.3) is 10.0 Å². The molecule has 1 N–H and O–H groups in total. The highest BCUT2D eigenvalue weighted by atomic mass is 35.5. The molecule has 0 amide bonds. The van der Waals surface area contributed by atoms with Crippen molar-refractivity contribution < 1.29 is 21.9 Å². The van der Waals surface area contributed by atoms with Crippen molar-refractivity contribution >= 4 is 38.1 Å². The normalized spacial score (nSPS) is 11.3. The summed E-state index contributed by atoms with van der Waals surface area (Å²) in [5, 5.41) is 1.54. The molecule has 0 saturated heterocycles. The number of hydrogen-bond donors (Lipinski definition) is 1. The second kappa shape index (κ2) is 7.56. The number of nitrogens with one attached hydrogen (secondary N) is 1. The van der Waals surface area contributed by atoms with E-state index in [1.807, 2.05) is 0 Å².